The van der Waals surface area contributed by atoms with Gasteiger partial charge in [-0.3, -0.25) is 14.2 Å². The summed E-state index contributed by atoms with van der Waals surface area (Å²) in [6.45, 7) is 5.00. The Morgan fingerprint density at radius 3 is 2.32 bits per heavy atom. The molecule has 4 rings (SSSR count). The minimum absolute atomic E-state index is 0.121. The molecule has 37 heavy (non-hydrogen) atoms. The number of benzene rings is 3. The average Bonchev–Trinajstić information content (AvgIpc) is 2.91. The molecule has 0 fully saturated rings. The van der Waals surface area contributed by atoms with E-state index in [1.165, 1.54) is 42.7 Å². The Bertz CT molecular complexity index is 1480. The predicted octanol–water partition coefficient (Wildman–Crippen LogP) is 5.32. The van der Waals surface area contributed by atoms with Crippen LogP contribution in [0.3, 0.4) is 0 Å². The number of hydrogen-bond acceptors (Lipinski definition) is 6. The lowest BCUT2D eigenvalue weighted by Crippen LogP contribution is -2.30. The predicted molar refractivity (Wildman–Crippen MR) is 144 cm³/mol. The summed E-state index contributed by atoms with van der Waals surface area (Å²) in [5, 5.41) is 0.762. The number of halogens is 1. The van der Waals surface area contributed by atoms with Gasteiger partial charge in [0.1, 0.15) is 17.3 Å². The number of thioether (sulfide) groups is 1. The van der Waals surface area contributed by atoms with Gasteiger partial charge in [-0.15, -0.1) is 0 Å². The van der Waals surface area contributed by atoms with E-state index in [1.54, 1.807) is 47.4 Å². The molecule has 0 aliphatic carbocycles. The number of nitrogens with zero attached hydrogens (tertiary/aromatic N) is 3. The zero-order valence-electron chi connectivity index (χ0n) is 21.2. The number of fused-ring (bicyclic) bond motifs is 1. The van der Waals surface area contributed by atoms with Crippen LogP contribution in [0.15, 0.2) is 70.6 Å². The third-order valence-corrected chi connectivity index (χ3v) is 7.00. The van der Waals surface area contributed by atoms with Crippen molar-refractivity contribution < 1.29 is 18.7 Å². The first-order valence-corrected chi connectivity index (χ1v) is 12.8. The van der Waals surface area contributed by atoms with E-state index in [4.69, 9.17) is 14.5 Å². The van der Waals surface area contributed by atoms with Crippen molar-refractivity contribution in [3.8, 4) is 17.2 Å². The number of rotatable bonds is 9. The van der Waals surface area contributed by atoms with E-state index in [1.807, 2.05) is 19.9 Å². The van der Waals surface area contributed by atoms with Gasteiger partial charge in [0, 0.05) is 42.6 Å². The molecule has 7 nitrogen and oxygen atoms in total. The molecule has 0 N–H and O–H groups in total. The van der Waals surface area contributed by atoms with Crippen LogP contribution < -0.4 is 15.0 Å². The summed E-state index contributed by atoms with van der Waals surface area (Å²) in [5.74, 6) is 0.961. The highest BCUT2D eigenvalue weighted by atomic mass is 32.2. The van der Waals surface area contributed by atoms with Crippen LogP contribution in [0.2, 0.25) is 0 Å². The Morgan fingerprint density at radius 2 is 1.70 bits per heavy atom. The second kappa shape index (κ2) is 11.5. The molecule has 0 aliphatic heterocycles. The highest BCUT2D eigenvalue weighted by Crippen LogP contribution is 2.29. The molecule has 9 heteroatoms. The topological polar surface area (TPSA) is 73.7 Å². The molecule has 1 heterocycles. The molecular formula is C28H28FN3O4S. The lowest BCUT2D eigenvalue weighted by atomic mass is 10.1. The third-order valence-electron chi connectivity index (χ3n) is 5.99. The first-order valence-electron chi connectivity index (χ1n) is 11.8. The fourth-order valence-corrected chi connectivity index (χ4v) is 4.97. The van der Waals surface area contributed by atoms with Gasteiger partial charge in [0.25, 0.3) is 11.5 Å². The summed E-state index contributed by atoms with van der Waals surface area (Å²) in [5.41, 5.74) is 1.84. The molecule has 0 spiro atoms. The molecule has 0 saturated carbocycles. The Labute approximate surface area is 218 Å². The molecule has 1 amide bonds. The standard InChI is InChI=1S/C28H28FN3O4S/c1-5-31(6-2)26(33)19-10-11-24-25(13-19)30-28(37-17-18-8-7-9-20(29)12-18)32(27(24)34)21-14-22(35-3)16-23(15-21)36-4/h7-16H,5-6,17H2,1-4H3. The molecule has 1 aromatic heterocycles. The summed E-state index contributed by atoms with van der Waals surface area (Å²) < 4.78 is 26.1. The number of carbonyl (C=O) groups is 1. The summed E-state index contributed by atoms with van der Waals surface area (Å²) in [6.07, 6.45) is 0. The number of ether oxygens (including phenoxy) is 2. The Balaban J connectivity index is 1.89. The van der Waals surface area contributed by atoms with Crippen LogP contribution >= 0.6 is 11.8 Å². The van der Waals surface area contributed by atoms with E-state index in [9.17, 15) is 14.0 Å². The van der Waals surface area contributed by atoms with Crippen LogP contribution in [-0.4, -0.2) is 47.7 Å². The normalized spacial score (nSPS) is 10.9. The number of methoxy groups -OCH3 is 2. The quantitative estimate of drug-likeness (QED) is 0.219. The second-order valence-corrected chi connectivity index (χ2v) is 9.18. The van der Waals surface area contributed by atoms with Crippen molar-refractivity contribution in [2.24, 2.45) is 0 Å². The summed E-state index contributed by atoms with van der Waals surface area (Å²) in [4.78, 5) is 33.3. The minimum Gasteiger partial charge on any atom is -0.497 e. The van der Waals surface area contributed by atoms with E-state index in [0.717, 1.165) is 5.56 Å². The van der Waals surface area contributed by atoms with E-state index >= 15 is 0 Å². The van der Waals surface area contributed by atoms with Gasteiger partial charge in [-0.05, 0) is 49.7 Å². The molecule has 0 bridgehead atoms. The van der Waals surface area contributed by atoms with Gasteiger partial charge in [0.2, 0.25) is 0 Å². The molecule has 0 atom stereocenters. The first-order chi connectivity index (χ1) is 17.9. The SMILES string of the molecule is CCN(CC)C(=O)c1ccc2c(=O)n(-c3cc(OC)cc(OC)c3)c(SCc3cccc(F)c3)nc2c1. The number of carbonyl (C=O) groups excluding carboxylic acids is 1. The minimum atomic E-state index is -0.334. The lowest BCUT2D eigenvalue weighted by Gasteiger charge is -2.19. The molecule has 0 unspecified atom stereocenters. The van der Waals surface area contributed by atoms with Crippen LogP contribution in [0.1, 0.15) is 29.8 Å². The van der Waals surface area contributed by atoms with Crippen LogP contribution in [0.4, 0.5) is 4.39 Å². The van der Waals surface area contributed by atoms with Gasteiger partial charge in [0.05, 0.1) is 30.8 Å². The molecule has 0 radical (unpaired) electrons. The second-order valence-electron chi connectivity index (χ2n) is 8.23. The summed E-state index contributed by atoms with van der Waals surface area (Å²) in [7, 11) is 3.07. The largest absolute Gasteiger partial charge is 0.497 e. The van der Waals surface area contributed by atoms with E-state index in [-0.39, 0.29) is 17.3 Å². The zero-order chi connectivity index (χ0) is 26.5. The lowest BCUT2D eigenvalue weighted by molar-refractivity contribution is 0.0773. The Morgan fingerprint density at radius 1 is 1.00 bits per heavy atom. The summed E-state index contributed by atoms with van der Waals surface area (Å²) in [6, 6.07) is 16.4. The monoisotopic (exact) mass is 521 g/mol. The van der Waals surface area contributed by atoms with Crippen molar-refractivity contribution in [1.29, 1.82) is 0 Å². The van der Waals surface area contributed by atoms with Crippen molar-refractivity contribution in [3.63, 3.8) is 0 Å². The highest BCUT2D eigenvalue weighted by molar-refractivity contribution is 7.98. The van der Waals surface area contributed by atoms with Gasteiger partial charge in [-0.25, -0.2) is 9.37 Å². The smallest absolute Gasteiger partial charge is 0.266 e. The number of aromatic nitrogens is 2. The maximum Gasteiger partial charge on any atom is 0.266 e. The van der Waals surface area contributed by atoms with Gasteiger partial charge in [0.15, 0.2) is 5.16 Å². The summed E-state index contributed by atoms with van der Waals surface area (Å²) >= 11 is 1.30. The van der Waals surface area contributed by atoms with Gasteiger partial charge in [-0.2, -0.15) is 0 Å². The maximum atomic E-state index is 13.8. The number of hydrogen-bond donors (Lipinski definition) is 0. The van der Waals surface area contributed by atoms with Crippen molar-refractivity contribution in [3.05, 3.63) is 88.0 Å². The van der Waals surface area contributed by atoms with Crippen molar-refractivity contribution in [2.75, 3.05) is 27.3 Å². The van der Waals surface area contributed by atoms with Gasteiger partial charge in [-0.1, -0.05) is 23.9 Å². The fraction of sp³-hybridized carbons (Fsp3) is 0.250. The van der Waals surface area contributed by atoms with E-state index in [0.29, 0.717) is 57.7 Å². The van der Waals surface area contributed by atoms with Crippen LogP contribution in [-0.2, 0) is 5.75 Å². The van der Waals surface area contributed by atoms with Crippen LogP contribution in [0, 0.1) is 5.82 Å². The molecule has 3 aromatic carbocycles. The Hall–Kier alpha value is -3.85. The Kier molecular flexibility index (Phi) is 8.13. The molecular weight excluding hydrogens is 493 g/mol. The zero-order valence-corrected chi connectivity index (χ0v) is 22.0. The van der Waals surface area contributed by atoms with Gasteiger partial charge >= 0.3 is 0 Å². The molecule has 4 aromatic rings. The van der Waals surface area contributed by atoms with Crippen LogP contribution in [0.25, 0.3) is 16.6 Å². The molecule has 192 valence electrons. The maximum absolute atomic E-state index is 13.8. The van der Waals surface area contributed by atoms with E-state index < -0.39 is 0 Å². The van der Waals surface area contributed by atoms with Crippen molar-refractivity contribution >= 4 is 28.6 Å². The van der Waals surface area contributed by atoms with Crippen LogP contribution in [0.5, 0.6) is 11.5 Å². The fourth-order valence-electron chi connectivity index (χ4n) is 4.01. The highest BCUT2D eigenvalue weighted by Gasteiger charge is 2.18. The average molecular weight is 522 g/mol. The molecule has 0 saturated heterocycles. The van der Waals surface area contributed by atoms with Gasteiger partial charge < -0.3 is 14.4 Å². The third kappa shape index (κ3) is 5.61. The van der Waals surface area contributed by atoms with Crippen molar-refractivity contribution in [2.45, 2.75) is 24.8 Å². The molecule has 0 aliphatic rings. The first kappa shape index (κ1) is 26.2. The van der Waals surface area contributed by atoms with Crippen molar-refractivity contribution in [1.82, 2.24) is 14.5 Å². The number of amides is 1. The van der Waals surface area contributed by atoms with E-state index in [2.05, 4.69) is 0 Å².